The monoisotopic (exact) mass is 489 g/mol. The Morgan fingerprint density at radius 2 is 1.65 bits per heavy atom. The minimum Gasteiger partial charge on any atom is -0.494 e. The number of amides is 2. The molecule has 2 aromatic carbocycles. The summed E-state index contributed by atoms with van der Waals surface area (Å²) in [5, 5.41) is 2.82. The molecule has 2 aromatic rings. The van der Waals surface area contributed by atoms with Crippen LogP contribution >= 0.6 is 0 Å². The van der Waals surface area contributed by atoms with Crippen LogP contribution in [0.1, 0.15) is 38.3 Å². The summed E-state index contributed by atoms with van der Waals surface area (Å²) in [4.78, 5) is 27.6. The van der Waals surface area contributed by atoms with E-state index in [0.717, 1.165) is 28.1 Å². The van der Waals surface area contributed by atoms with Gasteiger partial charge in [-0.25, -0.2) is 8.42 Å². The highest BCUT2D eigenvalue weighted by Gasteiger charge is 2.30. The molecule has 0 aromatic heterocycles. The van der Waals surface area contributed by atoms with Gasteiger partial charge in [-0.3, -0.25) is 13.9 Å². The fraction of sp³-hybridized carbons (Fsp3) is 0.440. The molecule has 34 heavy (non-hydrogen) atoms. The first-order valence-corrected chi connectivity index (χ1v) is 13.2. The number of carbonyl (C=O) groups excluding carboxylic acids is 2. The molecule has 0 heterocycles. The molecular weight excluding hydrogens is 454 g/mol. The summed E-state index contributed by atoms with van der Waals surface area (Å²) in [6.45, 7) is 8.16. The van der Waals surface area contributed by atoms with Crippen molar-refractivity contribution in [2.75, 3.05) is 30.3 Å². The Bertz CT molecular complexity index is 1050. The molecule has 0 aliphatic carbocycles. The molecule has 0 bridgehead atoms. The van der Waals surface area contributed by atoms with Crippen molar-refractivity contribution in [3.63, 3.8) is 0 Å². The molecule has 0 saturated heterocycles. The maximum Gasteiger partial charge on any atom is 0.244 e. The van der Waals surface area contributed by atoms with Crippen molar-refractivity contribution in [3.05, 3.63) is 59.7 Å². The van der Waals surface area contributed by atoms with Crippen LogP contribution in [-0.2, 0) is 26.2 Å². The maximum atomic E-state index is 13.4. The van der Waals surface area contributed by atoms with E-state index in [2.05, 4.69) is 5.32 Å². The van der Waals surface area contributed by atoms with Gasteiger partial charge in [-0.1, -0.05) is 36.8 Å². The van der Waals surface area contributed by atoms with E-state index in [1.807, 2.05) is 45.0 Å². The Morgan fingerprint density at radius 1 is 1.03 bits per heavy atom. The molecule has 0 radical (unpaired) electrons. The molecule has 0 saturated carbocycles. The fourth-order valence-corrected chi connectivity index (χ4v) is 4.21. The number of rotatable bonds is 12. The summed E-state index contributed by atoms with van der Waals surface area (Å²) in [6.07, 6.45) is 1.82. The SMILES string of the molecule is CCCNC(=O)[C@H](C)N(Cc1ccc(C)cc1)C(=O)CN(c1ccc(OCC)cc1)S(C)(=O)=O. The minimum atomic E-state index is -3.77. The average Bonchev–Trinajstić information content (AvgIpc) is 2.80. The summed E-state index contributed by atoms with van der Waals surface area (Å²) >= 11 is 0. The molecule has 9 heteroatoms. The van der Waals surface area contributed by atoms with E-state index in [9.17, 15) is 18.0 Å². The first-order valence-electron chi connectivity index (χ1n) is 11.4. The second kappa shape index (κ2) is 12.4. The van der Waals surface area contributed by atoms with E-state index in [0.29, 0.717) is 24.6 Å². The van der Waals surface area contributed by atoms with Gasteiger partial charge in [0, 0.05) is 13.1 Å². The number of sulfonamides is 1. The number of benzene rings is 2. The second-order valence-electron chi connectivity index (χ2n) is 8.17. The zero-order valence-corrected chi connectivity index (χ0v) is 21.4. The van der Waals surface area contributed by atoms with Crippen molar-refractivity contribution in [1.29, 1.82) is 0 Å². The molecule has 1 N–H and O–H groups in total. The van der Waals surface area contributed by atoms with Crippen LogP contribution in [0.5, 0.6) is 5.75 Å². The third-order valence-corrected chi connectivity index (χ3v) is 6.45. The zero-order valence-electron chi connectivity index (χ0n) is 20.6. The van der Waals surface area contributed by atoms with Crippen molar-refractivity contribution in [3.8, 4) is 5.75 Å². The van der Waals surface area contributed by atoms with Crippen LogP contribution in [0.25, 0.3) is 0 Å². The molecule has 2 rings (SSSR count). The Labute approximate surface area is 202 Å². The number of aryl methyl sites for hydroxylation is 1. The Kier molecular flexibility index (Phi) is 9.92. The van der Waals surface area contributed by atoms with E-state index >= 15 is 0 Å². The van der Waals surface area contributed by atoms with Crippen LogP contribution in [0.2, 0.25) is 0 Å². The quantitative estimate of drug-likeness (QED) is 0.494. The van der Waals surface area contributed by atoms with E-state index in [4.69, 9.17) is 4.74 Å². The number of anilines is 1. The standard InChI is InChI=1S/C25H35N3O5S/c1-6-16-26-25(30)20(4)27(17-21-10-8-19(3)9-11-21)24(29)18-28(34(5,31)32)22-12-14-23(15-13-22)33-7-2/h8-15,20H,6-7,16-18H2,1-5H3,(H,26,30)/t20-/m0/s1. The molecule has 186 valence electrons. The number of carbonyl (C=O) groups is 2. The van der Waals surface area contributed by atoms with Crippen LogP contribution in [0.4, 0.5) is 5.69 Å². The molecule has 8 nitrogen and oxygen atoms in total. The van der Waals surface area contributed by atoms with Crippen molar-refractivity contribution in [1.82, 2.24) is 10.2 Å². The lowest BCUT2D eigenvalue weighted by Crippen LogP contribution is -2.51. The van der Waals surface area contributed by atoms with Crippen LogP contribution in [0, 0.1) is 6.92 Å². The van der Waals surface area contributed by atoms with Gasteiger partial charge in [0.1, 0.15) is 18.3 Å². The summed E-state index contributed by atoms with van der Waals surface area (Å²) in [5.41, 5.74) is 2.27. The van der Waals surface area contributed by atoms with Gasteiger partial charge in [-0.05, 0) is 57.0 Å². The lowest BCUT2D eigenvalue weighted by molar-refractivity contribution is -0.139. The third kappa shape index (κ3) is 7.76. The van der Waals surface area contributed by atoms with Crippen LogP contribution in [0.3, 0.4) is 0 Å². The Morgan fingerprint density at radius 3 is 2.18 bits per heavy atom. The fourth-order valence-electron chi connectivity index (χ4n) is 3.36. The lowest BCUT2D eigenvalue weighted by Gasteiger charge is -2.31. The van der Waals surface area contributed by atoms with Crippen molar-refractivity contribution < 1.29 is 22.7 Å². The topological polar surface area (TPSA) is 96.0 Å². The van der Waals surface area contributed by atoms with Crippen molar-refractivity contribution in [2.45, 2.75) is 46.7 Å². The minimum absolute atomic E-state index is 0.181. The van der Waals surface area contributed by atoms with Gasteiger partial charge in [0.05, 0.1) is 18.6 Å². The molecule has 0 fully saturated rings. The number of nitrogens with zero attached hydrogens (tertiary/aromatic N) is 2. The van der Waals surface area contributed by atoms with Gasteiger partial charge in [0.25, 0.3) is 0 Å². The Balaban J connectivity index is 2.33. The van der Waals surface area contributed by atoms with Gasteiger partial charge >= 0.3 is 0 Å². The molecular formula is C25H35N3O5S. The first-order chi connectivity index (χ1) is 16.1. The molecule has 0 unspecified atom stereocenters. The average molecular weight is 490 g/mol. The number of ether oxygens (including phenoxy) is 1. The summed E-state index contributed by atoms with van der Waals surface area (Å²) < 4.78 is 31.6. The zero-order chi connectivity index (χ0) is 25.3. The molecule has 0 aliphatic heterocycles. The van der Waals surface area contributed by atoms with Crippen molar-refractivity contribution in [2.24, 2.45) is 0 Å². The second-order valence-corrected chi connectivity index (χ2v) is 10.1. The van der Waals surface area contributed by atoms with Crippen molar-refractivity contribution >= 4 is 27.5 Å². The molecule has 0 aliphatic rings. The molecule has 1 atom stereocenters. The third-order valence-electron chi connectivity index (χ3n) is 5.30. The highest BCUT2D eigenvalue weighted by molar-refractivity contribution is 7.92. The normalized spacial score (nSPS) is 12.0. The first kappa shape index (κ1) is 27.2. The summed E-state index contributed by atoms with van der Waals surface area (Å²) in [6, 6.07) is 13.4. The number of hydrogen-bond acceptors (Lipinski definition) is 5. The molecule has 0 spiro atoms. The lowest BCUT2D eigenvalue weighted by atomic mass is 10.1. The van der Waals surface area contributed by atoms with E-state index in [1.165, 1.54) is 4.90 Å². The van der Waals surface area contributed by atoms with Crippen LogP contribution in [0.15, 0.2) is 48.5 Å². The van der Waals surface area contributed by atoms with Gasteiger partial charge in [0.2, 0.25) is 21.8 Å². The van der Waals surface area contributed by atoms with E-state index < -0.39 is 28.5 Å². The Hall–Kier alpha value is -3.07. The van der Waals surface area contributed by atoms with E-state index in [-0.39, 0.29) is 12.5 Å². The largest absolute Gasteiger partial charge is 0.494 e. The predicted octanol–water partition coefficient (Wildman–Crippen LogP) is 3.10. The van der Waals surface area contributed by atoms with Gasteiger partial charge in [0.15, 0.2) is 0 Å². The highest BCUT2D eigenvalue weighted by Crippen LogP contribution is 2.22. The molecule has 2 amide bonds. The van der Waals surface area contributed by atoms with Crippen LogP contribution in [-0.4, -0.2) is 57.1 Å². The number of hydrogen-bond donors (Lipinski definition) is 1. The maximum absolute atomic E-state index is 13.4. The van der Waals surface area contributed by atoms with E-state index in [1.54, 1.807) is 31.2 Å². The number of nitrogens with one attached hydrogen (secondary N) is 1. The van der Waals surface area contributed by atoms with Crippen LogP contribution < -0.4 is 14.4 Å². The van der Waals surface area contributed by atoms with Gasteiger partial charge in [-0.2, -0.15) is 0 Å². The predicted molar refractivity (Wildman–Crippen MR) is 134 cm³/mol. The smallest absolute Gasteiger partial charge is 0.244 e. The van der Waals surface area contributed by atoms with Gasteiger partial charge < -0.3 is 15.0 Å². The highest BCUT2D eigenvalue weighted by atomic mass is 32.2. The summed E-state index contributed by atoms with van der Waals surface area (Å²) in [5.74, 6) is -0.151. The summed E-state index contributed by atoms with van der Waals surface area (Å²) in [7, 11) is -3.77. The van der Waals surface area contributed by atoms with Gasteiger partial charge in [-0.15, -0.1) is 0 Å².